The van der Waals surface area contributed by atoms with E-state index in [0.29, 0.717) is 5.56 Å². The topological polar surface area (TPSA) is 83.5 Å². The Morgan fingerprint density at radius 2 is 1.86 bits per heavy atom. The maximum Gasteiger partial charge on any atom is 0.335 e. The van der Waals surface area contributed by atoms with E-state index < -0.39 is 16.0 Å². The fourth-order valence-electron chi connectivity index (χ4n) is 1.73. The van der Waals surface area contributed by atoms with Crippen LogP contribution in [0.3, 0.4) is 0 Å². The summed E-state index contributed by atoms with van der Waals surface area (Å²) in [5, 5.41) is 9.02. The molecule has 0 atom stereocenters. The van der Waals surface area contributed by atoms with Crippen LogP contribution in [-0.4, -0.2) is 19.5 Å². The molecule has 0 amide bonds. The fraction of sp³-hybridized carbons (Fsp3) is 0.0714. The predicted molar refractivity (Wildman–Crippen MR) is 78.9 cm³/mol. The average molecular weight is 326 g/mol. The van der Waals surface area contributed by atoms with Gasteiger partial charge in [0.2, 0.25) is 10.0 Å². The van der Waals surface area contributed by atoms with Gasteiger partial charge in [-0.25, -0.2) is 17.9 Å². The summed E-state index contributed by atoms with van der Waals surface area (Å²) < 4.78 is 26.7. The minimum absolute atomic E-state index is 0.0129. The molecule has 2 aromatic rings. The molecule has 0 spiro atoms. The SMILES string of the molecule is O=C(O)c1cccc(CNS(=O)(=O)c2ccccc2Cl)c1. The first kappa shape index (κ1) is 15.5. The summed E-state index contributed by atoms with van der Waals surface area (Å²) >= 11 is 5.86. The van der Waals surface area contributed by atoms with Crippen molar-refractivity contribution in [3.8, 4) is 0 Å². The lowest BCUT2D eigenvalue weighted by Gasteiger charge is -2.08. The second kappa shape index (κ2) is 6.26. The molecule has 0 bridgehead atoms. The Bertz CT molecular complexity index is 774. The van der Waals surface area contributed by atoms with Crippen molar-refractivity contribution in [1.29, 1.82) is 0 Å². The minimum atomic E-state index is -3.75. The van der Waals surface area contributed by atoms with Crippen LogP contribution in [0.4, 0.5) is 0 Å². The van der Waals surface area contributed by atoms with E-state index in [1.165, 1.54) is 24.3 Å². The average Bonchev–Trinajstić information content (AvgIpc) is 2.46. The number of hydrogen-bond acceptors (Lipinski definition) is 3. The van der Waals surface area contributed by atoms with E-state index in [-0.39, 0.29) is 22.0 Å². The molecule has 0 saturated heterocycles. The molecule has 0 aliphatic rings. The fourth-order valence-corrected chi connectivity index (χ4v) is 3.27. The second-order valence-electron chi connectivity index (χ2n) is 4.26. The van der Waals surface area contributed by atoms with E-state index in [1.807, 2.05) is 0 Å². The van der Waals surface area contributed by atoms with Crippen LogP contribution in [-0.2, 0) is 16.6 Å². The molecule has 0 heterocycles. The summed E-state index contributed by atoms with van der Waals surface area (Å²) in [6, 6.07) is 12.2. The summed E-state index contributed by atoms with van der Waals surface area (Å²) in [6.07, 6.45) is 0. The van der Waals surface area contributed by atoms with Gasteiger partial charge in [0, 0.05) is 6.54 Å². The maximum atomic E-state index is 12.1. The lowest BCUT2D eigenvalue weighted by Crippen LogP contribution is -2.23. The number of carboxylic acids is 1. The molecule has 0 aromatic heterocycles. The largest absolute Gasteiger partial charge is 0.478 e. The number of aromatic carboxylic acids is 1. The zero-order chi connectivity index (χ0) is 15.5. The zero-order valence-electron chi connectivity index (χ0n) is 10.8. The van der Waals surface area contributed by atoms with Gasteiger partial charge in [-0.05, 0) is 29.8 Å². The summed E-state index contributed by atoms with van der Waals surface area (Å²) in [6.45, 7) is -0.0192. The van der Waals surface area contributed by atoms with Crippen molar-refractivity contribution >= 4 is 27.6 Å². The van der Waals surface area contributed by atoms with Gasteiger partial charge in [-0.15, -0.1) is 0 Å². The van der Waals surface area contributed by atoms with Crippen molar-refractivity contribution in [2.45, 2.75) is 11.4 Å². The molecule has 0 aliphatic carbocycles. The normalized spacial score (nSPS) is 11.3. The molecular weight excluding hydrogens is 314 g/mol. The highest BCUT2D eigenvalue weighted by Gasteiger charge is 2.17. The van der Waals surface area contributed by atoms with Crippen LogP contribution >= 0.6 is 11.6 Å². The molecule has 0 unspecified atom stereocenters. The number of hydrogen-bond donors (Lipinski definition) is 2. The lowest BCUT2D eigenvalue weighted by molar-refractivity contribution is 0.0696. The first-order chi connectivity index (χ1) is 9.90. The monoisotopic (exact) mass is 325 g/mol. The van der Waals surface area contributed by atoms with Crippen molar-refractivity contribution < 1.29 is 18.3 Å². The van der Waals surface area contributed by atoms with Crippen LogP contribution < -0.4 is 4.72 Å². The molecule has 0 fully saturated rings. The van der Waals surface area contributed by atoms with E-state index in [1.54, 1.807) is 24.3 Å². The van der Waals surface area contributed by atoms with E-state index in [9.17, 15) is 13.2 Å². The van der Waals surface area contributed by atoms with E-state index in [0.717, 1.165) is 0 Å². The van der Waals surface area contributed by atoms with E-state index in [4.69, 9.17) is 16.7 Å². The van der Waals surface area contributed by atoms with Crippen molar-refractivity contribution in [3.63, 3.8) is 0 Å². The third-order valence-corrected chi connectivity index (χ3v) is 4.67. The van der Waals surface area contributed by atoms with Crippen LogP contribution in [0.2, 0.25) is 5.02 Å². The number of halogens is 1. The molecule has 110 valence electrons. The highest BCUT2D eigenvalue weighted by molar-refractivity contribution is 7.89. The standard InChI is InChI=1S/C14H12ClNO4S/c15-12-6-1-2-7-13(12)21(19,20)16-9-10-4-3-5-11(8-10)14(17)18/h1-8,16H,9H2,(H,17,18). The summed E-state index contributed by atoms with van der Waals surface area (Å²) in [4.78, 5) is 10.9. The summed E-state index contributed by atoms with van der Waals surface area (Å²) in [7, 11) is -3.75. The van der Waals surface area contributed by atoms with Gasteiger partial charge in [0.05, 0.1) is 10.6 Å². The van der Waals surface area contributed by atoms with Gasteiger partial charge < -0.3 is 5.11 Å². The Hall–Kier alpha value is -1.89. The van der Waals surface area contributed by atoms with Gasteiger partial charge in [-0.1, -0.05) is 35.9 Å². The first-order valence-electron chi connectivity index (χ1n) is 5.96. The van der Waals surface area contributed by atoms with E-state index >= 15 is 0 Å². The number of benzene rings is 2. The maximum absolute atomic E-state index is 12.1. The first-order valence-corrected chi connectivity index (χ1v) is 7.83. The number of carbonyl (C=O) groups is 1. The third kappa shape index (κ3) is 3.81. The number of nitrogens with one attached hydrogen (secondary N) is 1. The van der Waals surface area contributed by atoms with Crippen LogP contribution in [0.25, 0.3) is 0 Å². The third-order valence-electron chi connectivity index (χ3n) is 2.77. The molecule has 21 heavy (non-hydrogen) atoms. The van der Waals surface area contributed by atoms with Crippen LogP contribution in [0.5, 0.6) is 0 Å². The lowest BCUT2D eigenvalue weighted by atomic mass is 10.1. The van der Waals surface area contributed by atoms with E-state index in [2.05, 4.69) is 4.72 Å². The van der Waals surface area contributed by atoms with Crippen molar-refractivity contribution in [2.75, 3.05) is 0 Å². The minimum Gasteiger partial charge on any atom is -0.478 e. The van der Waals surface area contributed by atoms with Crippen LogP contribution in [0.15, 0.2) is 53.4 Å². The molecular formula is C14H12ClNO4S. The number of carboxylic acid groups (broad SMARTS) is 1. The van der Waals surface area contributed by atoms with Crippen LogP contribution in [0, 0.1) is 0 Å². The van der Waals surface area contributed by atoms with Gasteiger partial charge >= 0.3 is 5.97 Å². The summed E-state index contributed by atoms with van der Waals surface area (Å²) in [5.74, 6) is -1.06. The quantitative estimate of drug-likeness (QED) is 0.884. The summed E-state index contributed by atoms with van der Waals surface area (Å²) in [5.41, 5.74) is 0.648. The molecule has 2 rings (SSSR count). The Balaban J connectivity index is 2.18. The molecule has 0 radical (unpaired) electrons. The predicted octanol–water partition coefficient (Wildman–Crippen LogP) is 2.52. The van der Waals surface area contributed by atoms with Crippen molar-refractivity contribution in [3.05, 3.63) is 64.7 Å². The highest BCUT2D eigenvalue weighted by atomic mass is 35.5. The zero-order valence-corrected chi connectivity index (χ0v) is 12.4. The molecule has 0 aliphatic heterocycles. The smallest absolute Gasteiger partial charge is 0.335 e. The van der Waals surface area contributed by atoms with Crippen LogP contribution in [0.1, 0.15) is 15.9 Å². The Morgan fingerprint density at radius 3 is 2.52 bits per heavy atom. The van der Waals surface area contributed by atoms with Gasteiger partial charge in [0.25, 0.3) is 0 Å². The molecule has 5 nitrogen and oxygen atoms in total. The van der Waals surface area contributed by atoms with Gasteiger partial charge in [0.15, 0.2) is 0 Å². The van der Waals surface area contributed by atoms with Gasteiger partial charge in [-0.2, -0.15) is 0 Å². The van der Waals surface area contributed by atoms with Gasteiger partial charge in [-0.3, -0.25) is 0 Å². The molecule has 7 heteroatoms. The molecule has 2 aromatic carbocycles. The van der Waals surface area contributed by atoms with Crippen molar-refractivity contribution in [1.82, 2.24) is 4.72 Å². The molecule has 2 N–H and O–H groups in total. The Labute approximate surface area is 127 Å². The van der Waals surface area contributed by atoms with Gasteiger partial charge in [0.1, 0.15) is 4.90 Å². The second-order valence-corrected chi connectivity index (χ2v) is 6.40. The van der Waals surface area contributed by atoms with Crippen molar-refractivity contribution in [2.24, 2.45) is 0 Å². The number of sulfonamides is 1. The Morgan fingerprint density at radius 1 is 1.14 bits per heavy atom. The Kier molecular flexibility index (Phi) is 4.62. The number of rotatable bonds is 5. The molecule has 0 saturated carbocycles. The highest BCUT2D eigenvalue weighted by Crippen LogP contribution is 2.20.